The lowest BCUT2D eigenvalue weighted by atomic mass is 10.2. The molecule has 0 aliphatic heterocycles. The molecule has 2 N–H and O–H groups in total. The topological polar surface area (TPSA) is 83.7 Å². The summed E-state index contributed by atoms with van der Waals surface area (Å²) < 4.78 is 4.92. The van der Waals surface area contributed by atoms with E-state index in [0.717, 1.165) is 6.42 Å². The molecule has 1 aromatic rings. The third-order valence-electron chi connectivity index (χ3n) is 2.53. The van der Waals surface area contributed by atoms with E-state index < -0.39 is 5.91 Å². The molecule has 6 nitrogen and oxygen atoms in total. The molecule has 0 radical (unpaired) electrons. The van der Waals surface area contributed by atoms with E-state index in [4.69, 9.17) is 4.42 Å². The van der Waals surface area contributed by atoms with E-state index in [0.29, 0.717) is 5.71 Å². The molecule has 0 saturated heterocycles. The molecule has 0 unspecified atom stereocenters. The molecule has 1 rings (SSSR count). The van der Waals surface area contributed by atoms with Crippen LogP contribution in [0.15, 0.2) is 27.9 Å². The van der Waals surface area contributed by atoms with E-state index in [-0.39, 0.29) is 24.1 Å². The Morgan fingerprint density at radius 3 is 2.79 bits per heavy atom. The highest BCUT2D eigenvalue weighted by Crippen LogP contribution is 1.99. The molecular formula is C13H19N3O3. The fourth-order valence-corrected chi connectivity index (χ4v) is 1.31. The maximum absolute atomic E-state index is 11.6. The number of hydrazone groups is 1. The van der Waals surface area contributed by atoms with Crippen molar-refractivity contribution < 1.29 is 14.0 Å². The summed E-state index contributed by atoms with van der Waals surface area (Å²) in [6, 6.07) is 3.29. The normalized spacial score (nSPS) is 12.9. The summed E-state index contributed by atoms with van der Waals surface area (Å²) in [7, 11) is 0. The summed E-state index contributed by atoms with van der Waals surface area (Å²) in [6.07, 6.45) is 2.44. The largest absolute Gasteiger partial charge is 0.459 e. The summed E-state index contributed by atoms with van der Waals surface area (Å²) in [4.78, 5) is 23.1. The van der Waals surface area contributed by atoms with Gasteiger partial charge in [-0.2, -0.15) is 5.10 Å². The van der Waals surface area contributed by atoms with Gasteiger partial charge in [0.2, 0.25) is 5.91 Å². The minimum Gasteiger partial charge on any atom is -0.459 e. The van der Waals surface area contributed by atoms with Gasteiger partial charge < -0.3 is 9.73 Å². The van der Waals surface area contributed by atoms with Crippen LogP contribution in [0.1, 0.15) is 44.2 Å². The van der Waals surface area contributed by atoms with Gasteiger partial charge in [-0.15, -0.1) is 0 Å². The minimum atomic E-state index is -0.438. The maximum Gasteiger partial charge on any atom is 0.307 e. The highest BCUT2D eigenvalue weighted by molar-refractivity contribution is 6.00. The molecular weight excluding hydrogens is 246 g/mol. The Morgan fingerprint density at radius 2 is 2.21 bits per heavy atom. The van der Waals surface area contributed by atoms with Crippen molar-refractivity contribution in [2.24, 2.45) is 5.10 Å². The lowest BCUT2D eigenvalue weighted by Gasteiger charge is -2.10. The zero-order valence-corrected chi connectivity index (χ0v) is 11.4. The number of nitrogens with one attached hydrogen (secondary N) is 2. The molecule has 1 atom stereocenters. The number of hydrogen-bond acceptors (Lipinski definition) is 4. The number of carbonyl (C=O) groups is 2. The average molecular weight is 265 g/mol. The van der Waals surface area contributed by atoms with Crippen molar-refractivity contribution in [3.8, 4) is 0 Å². The maximum atomic E-state index is 11.6. The fraction of sp³-hybridized carbons (Fsp3) is 0.462. The summed E-state index contributed by atoms with van der Waals surface area (Å²) in [5, 5.41) is 6.67. The zero-order valence-electron chi connectivity index (χ0n) is 11.4. The van der Waals surface area contributed by atoms with Crippen LogP contribution in [0.2, 0.25) is 0 Å². The molecule has 0 spiro atoms. The van der Waals surface area contributed by atoms with Crippen LogP contribution in [-0.2, 0) is 4.79 Å². The smallest absolute Gasteiger partial charge is 0.307 e. The molecule has 104 valence electrons. The van der Waals surface area contributed by atoms with Gasteiger partial charge in [0, 0.05) is 11.8 Å². The molecule has 1 aromatic heterocycles. The molecule has 0 aliphatic rings. The summed E-state index contributed by atoms with van der Waals surface area (Å²) in [5.41, 5.74) is 2.86. The zero-order chi connectivity index (χ0) is 14.3. The van der Waals surface area contributed by atoms with Crippen LogP contribution >= 0.6 is 0 Å². The van der Waals surface area contributed by atoms with E-state index in [9.17, 15) is 9.59 Å². The van der Waals surface area contributed by atoms with E-state index >= 15 is 0 Å². The molecule has 6 heteroatoms. The monoisotopic (exact) mass is 265 g/mol. The van der Waals surface area contributed by atoms with Crippen molar-refractivity contribution in [2.75, 3.05) is 0 Å². The van der Waals surface area contributed by atoms with Crippen molar-refractivity contribution >= 4 is 17.5 Å². The fourth-order valence-electron chi connectivity index (χ4n) is 1.31. The highest BCUT2D eigenvalue weighted by Gasteiger charge is 2.09. The predicted molar refractivity (Wildman–Crippen MR) is 71.8 cm³/mol. The first-order chi connectivity index (χ1) is 9.02. The van der Waals surface area contributed by atoms with Gasteiger partial charge >= 0.3 is 5.91 Å². The predicted octanol–water partition coefficient (Wildman–Crippen LogP) is 1.69. The van der Waals surface area contributed by atoms with E-state index in [1.54, 1.807) is 13.0 Å². The Hall–Kier alpha value is -2.11. The lowest BCUT2D eigenvalue weighted by Crippen LogP contribution is -2.33. The van der Waals surface area contributed by atoms with Gasteiger partial charge in [0.15, 0.2) is 5.76 Å². The number of rotatable bonds is 6. The second-order valence-corrected chi connectivity index (χ2v) is 4.32. The Labute approximate surface area is 112 Å². The van der Waals surface area contributed by atoms with E-state index in [2.05, 4.69) is 15.8 Å². The van der Waals surface area contributed by atoms with Crippen LogP contribution in [0.25, 0.3) is 0 Å². The van der Waals surface area contributed by atoms with Crippen molar-refractivity contribution in [1.82, 2.24) is 10.7 Å². The number of hydrogen-bond donors (Lipinski definition) is 2. The Bertz CT molecular complexity index is 452. The molecule has 0 saturated carbocycles. The Morgan fingerprint density at radius 1 is 1.47 bits per heavy atom. The van der Waals surface area contributed by atoms with Crippen LogP contribution in [0, 0.1) is 0 Å². The van der Waals surface area contributed by atoms with E-state index in [1.165, 1.54) is 12.3 Å². The van der Waals surface area contributed by atoms with Crippen LogP contribution in [-0.4, -0.2) is 23.6 Å². The highest BCUT2D eigenvalue weighted by atomic mass is 16.3. The van der Waals surface area contributed by atoms with Gasteiger partial charge in [-0.3, -0.25) is 9.59 Å². The van der Waals surface area contributed by atoms with Crippen LogP contribution in [0.4, 0.5) is 0 Å². The quantitative estimate of drug-likeness (QED) is 0.606. The number of amides is 2. The summed E-state index contributed by atoms with van der Waals surface area (Å²) in [6.45, 7) is 5.61. The van der Waals surface area contributed by atoms with Gasteiger partial charge in [0.1, 0.15) is 0 Å². The molecule has 0 bridgehead atoms. The van der Waals surface area contributed by atoms with Crippen molar-refractivity contribution in [2.45, 2.75) is 39.7 Å². The van der Waals surface area contributed by atoms with Gasteiger partial charge in [-0.05, 0) is 32.4 Å². The first-order valence-corrected chi connectivity index (χ1v) is 6.19. The number of furan rings is 1. The Kier molecular flexibility index (Phi) is 5.78. The van der Waals surface area contributed by atoms with Crippen LogP contribution < -0.4 is 10.7 Å². The summed E-state index contributed by atoms with van der Waals surface area (Å²) >= 11 is 0. The number of nitrogens with zero attached hydrogens (tertiary/aromatic N) is 1. The van der Waals surface area contributed by atoms with Gasteiger partial charge in [-0.1, -0.05) is 6.92 Å². The van der Waals surface area contributed by atoms with Crippen molar-refractivity contribution in [3.05, 3.63) is 24.2 Å². The summed E-state index contributed by atoms with van der Waals surface area (Å²) in [5.74, 6) is -0.366. The van der Waals surface area contributed by atoms with E-state index in [1.807, 2.05) is 13.8 Å². The molecule has 2 amide bonds. The SMILES string of the molecule is CC[C@@H](C)NC(=O)C/C(C)=N\NC(=O)c1ccco1. The molecule has 0 fully saturated rings. The van der Waals surface area contributed by atoms with Gasteiger partial charge in [0.05, 0.1) is 12.7 Å². The first-order valence-electron chi connectivity index (χ1n) is 6.19. The molecule has 19 heavy (non-hydrogen) atoms. The van der Waals surface area contributed by atoms with Crippen molar-refractivity contribution in [3.63, 3.8) is 0 Å². The molecule has 0 aliphatic carbocycles. The third kappa shape index (κ3) is 5.37. The van der Waals surface area contributed by atoms with Gasteiger partial charge in [-0.25, -0.2) is 5.43 Å². The second-order valence-electron chi connectivity index (χ2n) is 4.32. The van der Waals surface area contributed by atoms with Crippen LogP contribution in [0.5, 0.6) is 0 Å². The second kappa shape index (κ2) is 7.35. The number of carbonyl (C=O) groups excluding carboxylic acids is 2. The molecule has 0 aromatic carbocycles. The van der Waals surface area contributed by atoms with Crippen LogP contribution in [0.3, 0.4) is 0 Å². The van der Waals surface area contributed by atoms with Gasteiger partial charge in [0.25, 0.3) is 0 Å². The lowest BCUT2D eigenvalue weighted by molar-refractivity contribution is -0.120. The standard InChI is InChI=1S/C13H19N3O3/c1-4-9(2)14-12(17)8-10(3)15-16-13(18)11-6-5-7-19-11/h5-7,9H,4,8H2,1-3H3,(H,14,17)(H,16,18)/b15-10-/t9-/m1/s1. The first kappa shape index (κ1) is 14.9. The third-order valence-corrected chi connectivity index (χ3v) is 2.53. The Balaban J connectivity index is 2.40. The average Bonchev–Trinajstić information content (AvgIpc) is 2.89. The molecule has 1 heterocycles. The minimum absolute atomic E-state index is 0.108. The van der Waals surface area contributed by atoms with Crippen molar-refractivity contribution in [1.29, 1.82) is 0 Å².